The van der Waals surface area contributed by atoms with Gasteiger partial charge in [0.1, 0.15) is 5.82 Å². The summed E-state index contributed by atoms with van der Waals surface area (Å²) in [6.45, 7) is 3.88. The van der Waals surface area contributed by atoms with Gasteiger partial charge in [0.25, 0.3) is 5.91 Å². The molecule has 1 fully saturated rings. The zero-order valence-electron chi connectivity index (χ0n) is 15.4. The molecule has 2 heterocycles. The molecule has 1 saturated heterocycles. The first-order valence-corrected chi connectivity index (χ1v) is 9.79. The molecular formula is C21H26FN3O. The second-order valence-electron chi connectivity index (χ2n) is 7.70. The average Bonchev–Trinajstić information content (AvgIpc) is 2.84. The molecule has 1 aromatic carbocycles. The molecule has 0 saturated carbocycles. The van der Waals surface area contributed by atoms with Crippen molar-refractivity contribution in [3.05, 3.63) is 47.0 Å². The molecule has 0 N–H and O–H groups in total. The van der Waals surface area contributed by atoms with E-state index in [4.69, 9.17) is 5.10 Å². The first-order chi connectivity index (χ1) is 12.6. The standard InChI is InChI=1S/C21H26FN3O/c1-15-11-13-24(14-12-15)21(26)20-18-5-3-2-4-6-19(18)25(23-20)17-9-7-16(22)8-10-17/h7-10,15H,2-6,11-14H2,1H3. The summed E-state index contributed by atoms with van der Waals surface area (Å²) >= 11 is 0. The van der Waals surface area contributed by atoms with Crippen LogP contribution in [0.1, 0.15) is 60.8 Å². The number of carbonyl (C=O) groups is 1. The fraction of sp³-hybridized carbons (Fsp3) is 0.524. The number of aromatic nitrogens is 2. The molecule has 26 heavy (non-hydrogen) atoms. The Balaban J connectivity index is 1.72. The Morgan fingerprint density at radius 2 is 1.77 bits per heavy atom. The van der Waals surface area contributed by atoms with Gasteiger partial charge >= 0.3 is 0 Å². The molecule has 1 amide bonds. The van der Waals surface area contributed by atoms with Gasteiger partial charge in [-0.25, -0.2) is 9.07 Å². The highest BCUT2D eigenvalue weighted by atomic mass is 19.1. The van der Waals surface area contributed by atoms with Crippen molar-refractivity contribution in [2.24, 2.45) is 5.92 Å². The smallest absolute Gasteiger partial charge is 0.274 e. The Hall–Kier alpha value is -2.17. The molecular weight excluding hydrogens is 329 g/mol. The van der Waals surface area contributed by atoms with Crippen molar-refractivity contribution >= 4 is 5.91 Å². The molecule has 1 aliphatic carbocycles. The van der Waals surface area contributed by atoms with Crippen LogP contribution < -0.4 is 0 Å². The number of benzene rings is 1. The molecule has 0 bridgehead atoms. The largest absolute Gasteiger partial charge is 0.337 e. The monoisotopic (exact) mass is 355 g/mol. The SMILES string of the molecule is CC1CCN(C(=O)c2nn(-c3ccc(F)cc3)c3c2CCCCC3)CC1. The zero-order valence-corrected chi connectivity index (χ0v) is 15.4. The number of fused-ring (bicyclic) bond motifs is 1. The molecule has 1 aromatic heterocycles. The van der Waals surface area contributed by atoms with Crippen molar-refractivity contribution in [3.8, 4) is 5.69 Å². The van der Waals surface area contributed by atoms with Crippen LogP contribution >= 0.6 is 0 Å². The Morgan fingerprint density at radius 3 is 2.50 bits per heavy atom. The number of rotatable bonds is 2. The van der Waals surface area contributed by atoms with Crippen molar-refractivity contribution in [1.82, 2.24) is 14.7 Å². The van der Waals surface area contributed by atoms with Crippen LogP contribution in [-0.4, -0.2) is 33.7 Å². The predicted octanol–water partition coefficient (Wildman–Crippen LogP) is 4.15. The van der Waals surface area contributed by atoms with Gasteiger partial charge in [-0.05, 0) is 68.7 Å². The van der Waals surface area contributed by atoms with Crippen LogP contribution in [0, 0.1) is 11.7 Å². The van der Waals surface area contributed by atoms with E-state index < -0.39 is 0 Å². The van der Waals surface area contributed by atoms with E-state index in [0.29, 0.717) is 11.6 Å². The fourth-order valence-electron chi connectivity index (χ4n) is 4.10. The minimum absolute atomic E-state index is 0.0657. The first kappa shape index (κ1) is 17.3. The van der Waals surface area contributed by atoms with E-state index >= 15 is 0 Å². The molecule has 0 spiro atoms. The summed E-state index contributed by atoms with van der Waals surface area (Å²) in [7, 11) is 0. The van der Waals surface area contributed by atoms with Crippen LogP contribution in [-0.2, 0) is 12.8 Å². The first-order valence-electron chi connectivity index (χ1n) is 9.79. The van der Waals surface area contributed by atoms with E-state index in [0.717, 1.165) is 68.6 Å². The van der Waals surface area contributed by atoms with Crippen LogP contribution in [0.4, 0.5) is 4.39 Å². The lowest BCUT2D eigenvalue weighted by molar-refractivity contribution is 0.0689. The molecule has 4 nitrogen and oxygen atoms in total. The zero-order chi connectivity index (χ0) is 18.1. The predicted molar refractivity (Wildman–Crippen MR) is 99.1 cm³/mol. The van der Waals surface area contributed by atoms with E-state index in [2.05, 4.69) is 6.92 Å². The van der Waals surface area contributed by atoms with Gasteiger partial charge < -0.3 is 4.90 Å². The van der Waals surface area contributed by atoms with Gasteiger partial charge in [0, 0.05) is 24.3 Å². The lowest BCUT2D eigenvalue weighted by Crippen LogP contribution is -2.38. The quantitative estimate of drug-likeness (QED) is 0.759. The molecule has 0 radical (unpaired) electrons. The molecule has 1 aliphatic heterocycles. The highest BCUT2D eigenvalue weighted by Crippen LogP contribution is 2.28. The highest BCUT2D eigenvalue weighted by molar-refractivity contribution is 5.94. The van der Waals surface area contributed by atoms with Gasteiger partial charge in [-0.1, -0.05) is 13.3 Å². The summed E-state index contributed by atoms with van der Waals surface area (Å²) in [6.07, 6.45) is 7.33. The third-order valence-corrected chi connectivity index (χ3v) is 5.77. The lowest BCUT2D eigenvalue weighted by atomic mass is 9.98. The summed E-state index contributed by atoms with van der Waals surface area (Å²) in [5.74, 6) is 0.495. The molecule has 2 aromatic rings. The van der Waals surface area contributed by atoms with E-state index in [9.17, 15) is 9.18 Å². The van der Waals surface area contributed by atoms with Crippen LogP contribution in [0.5, 0.6) is 0 Å². The average molecular weight is 355 g/mol. The van der Waals surface area contributed by atoms with Crippen LogP contribution in [0.3, 0.4) is 0 Å². The highest BCUT2D eigenvalue weighted by Gasteiger charge is 2.29. The summed E-state index contributed by atoms with van der Waals surface area (Å²) in [5, 5.41) is 4.73. The van der Waals surface area contributed by atoms with E-state index in [-0.39, 0.29) is 11.7 Å². The van der Waals surface area contributed by atoms with Gasteiger partial charge in [0.15, 0.2) is 5.69 Å². The molecule has 2 aliphatic rings. The second kappa shape index (κ2) is 7.22. The minimum Gasteiger partial charge on any atom is -0.337 e. The number of hydrogen-bond donors (Lipinski definition) is 0. The molecule has 4 rings (SSSR count). The number of nitrogens with zero attached hydrogens (tertiary/aromatic N) is 3. The summed E-state index contributed by atoms with van der Waals surface area (Å²) < 4.78 is 15.2. The van der Waals surface area contributed by atoms with E-state index in [1.54, 1.807) is 12.1 Å². The van der Waals surface area contributed by atoms with Crippen LogP contribution in [0.25, 0.3) is 5.69 Å². The number of halogens is 1. The maximum atomic E-state index is 13.3. The molecule has 0 atom stereocenters. The van der Waals surface area contributed by atoms with Crippen LogP contribution in [0.15, 0.2) is 24.3 Å². The van der Waals surface area contributed by atoms with Crippen molar-refractivity contribution in [2.75, 3.05) is 13.1 Å². The minimum atomic E-state index is -0.259. The maximum absolute atomic E-state index is 13.3. The Labute approximate surface area is 154 Å². The van der Waals surface area contributed by atoms with Gasteiger partial charge in [0.05, 0.1) is 5.69 Å². The van der Waals surface area contributed by atoms with Gasteiger partial charge in [-0.2, -0.15) is 5.10 Å². The number of likely N-dealkylation sites (tertiary alicyclic amines) is 1. The van der Waals surface area contributed by atoms with Crippen LogP contribution in [0.2, 0.25) is 0 Å². The van der Waals surface area contributed by atoms with E-state index in [1.165, 1.54) is 18.6 Å². The second-order valence-corrected chi connectivity index (χ2v) is 7.70. The molecule has 0 unspecified atom stereocenters. The summed E-state index contributed by atoms with van der Waals surface area (Å²) in [4.78, 5) is 15.1. The van der Waals surface area contributed by atoms with E-state index in [1.807, 2.05) is 9.58 Å². The maximum Gasteiger partial charge on any atom is 0.274 e. The summed E-state index contributed by atoms with van der Waals surface area (Å²) in [5.41, 5.74) is 3.68. The van der Waals surface area contributed by atoms with Crippen molar-refractivity contribution in [1.29, 1.82) is 0 Å². The Kier molecular flexibility index (Phi) is 4.79. The Morgan fingerprint density at radius 1 is 1.08 bits per heavy atom. The van der Waals surface area contributed by atoms with Gasteiger partial charge in [0.2, 0.25) is 0 Å². The Bertz CT molecular complexity index is 788. The number of carbonyl (C=O) groups excluding carboxylic acids is 1. The number of piperidine rings is 1. The normalized spacial score (nSPS) is 18.5. The topological polar surface area (TPSA) is 38.1 Å². The molecule has 138 valence electrons. The van der Waals surface area contributed by atoms with Gasteiger partial charge in [-0.15, -0.1) is 0 Å². The molecule has 5 heteroatoms. The third kappa shape index (κ3) is 3.27. The van der Waals surface area contributed by atoms with Gasteiger partial charge in [-0.3, -0.25) is 4.79 Å². The van der Waals surface area contributed by atoms with Crippen molar-refractivity contribution in [2.45, 2.75) is 51.9 Å². The summed E-state index contributed by atoms with van der Waals surface area (Å²) in [6, 6.07) is 6.38. The van der Waals surface area contributed by atoms with Crippen molar-refractivity contribution < 1.29 is 9.18 Å². The van der Waals surface area contributed by atoms with Crippen molar-refractivity contribution in [3.63, 3.8) is 0 Å². The lowest BCUT2D eigenvalue weighted by Gasteiger charge is -2.30. The number of hydrogen-bond acceptors (Lipinski definition) is 2. The third-order valence-electron chi connectivity index (χ3n) is 5.77. The fourth-order valence-corrected chi connectivity index (χ4v) is 4.10. The number of amides is 1.